The molecular formula is C15H21Bi2N3O12. The molecule has 0 saturated carbocycles. The second-order valence-electron chi connectivity index (χ2n) is 6.50. The minimum atomic E-state index is -4.24. The Kier molecular flexibility index (Phi) is 10.6. The summed E-state index contributed by atoms with van der Waals surface area (Å²) in [5.74, 6) is -5.07. The van der Waals surface area contributed by atoms with Crippen LogP contribution in [0.1, 0.15) is 38.5 Å². The second-order valence-corrected chi connectivity index (χ2v) is 14.2. The van der Waals surface area contributed by atoms with Crippen LogP contribution in [0.2, 0.25) is 0 Å². The molecule has 0 amide bonds. The molecule has 0 aliphatic carbocycles. The molecule has 2 aliphatic heterocycles. The molecule has 0 spiro atoms. The Balaban J connectivity index is 1.81. The quantitative estimate of drug-likeness (QED) is 0.221. The molecule has 17 heteroatoms. The van der Waals surface area contributed by atoms with Gasteiger partial charge in [-0.2, -0.15) is 0 Å². The molecule has 32 heavy (non-hydrogen) atoms. The van der Waals surface area contributed by atoms with E-state index in [0.717, 1.165) is 0 Å². The normalized spacial score (nSPS) is 24.3. The SMILES string of the molecule is N[C@@H]1CCC(=O)[O][Bi]([O]C(=O)[C@@H](N)CCC(=O)[O][Bi]2[O]C(=O)CC[C@H](N)C(=O)[O]2)[O]C1=O. The molecule has 178 valence electrons. The average molecular weight is 853 g/mol. The van der Waals surface area contributed by atoms with Crippen LogP contribution in [0.15, 0.2) is 0 Å². The van der Waals surface area contributed by atoms with E-state index in [0.29, 0.717) is 0 Å². The number of hydrogen-bond donors (Lipinski definition) is 3. The summed E-state index contributed by atoms with van der Waals surface area (Å²) < 4.78 is 29.4. The van der Waals surface area contributed by atoms with Crippen molar-refractivity contribution in [3.05, 3.63) is 0 Å². The number of rotatable bonds is 6. The van der Waals surface area contributed by atoms with Gasteiger partial charge in [-0.25, -0.2) is 0 Å². The Labute approximate surface area is 200 Å². The van der Waals surface area contributed by atoms with Crippen molar-refractivity contribution in [1.82, 2.24) is 0 Å². The first-order chi connectivity index (χ1) is 15.0. The van der Waals surface area contributed by atoms with Crippen LogP contribution >= 0.6 is 0 Å². The molecule has 2 aliphatic rings. The van der Waals surface area contributed by atoms with Gasteiger partial charge in [0.15, 0.2) is 0 Å². The van der Waals surface area contributed by atoms with Crippen molar-refractivity contribution in [1.29, 1.82) is 0 Å². The van der Waals surface area contributed by atoms with Crippen LogP contribution in [-0.4, -0.2) is 100 Å². The van der Waals surface area contributed by atoms with Crippen molar-refractivity contribution in [2.45, 2.75) is 56.7 Å². The number of hydrogen-bond acceptors (Lipinski definition) is 15. The average Bonchev–Trinajstić information content (AvgIpc) is 2.72. The minimum absolute atomic E-state index is 0.0349. The van der Waals surface area contributed by atoms with E-state index in [1.54, 1.807) is 0 Å². The van der Waals surface area contributed by atoms with Gasteiger partial charge in [-0.15, -0.1) is 0 Å². The Bertz CT molecular complexity index is 781. The molecule has 6 N–H and O–H groups in total. The van der Waals surface area contributed by atoms with E-state index >= 15 is 0 Å². The van der Waals surface area contributed by atoms with Gasteiger partial charge >= 0.3 is 201 Å². The van der Waals surface area contributed by atoms with E-state index in [1.165, 1.54) is 0 Å². The van der Waals surface area contributed by atoms with Gasteiger partial charge in [0.05, 0.1) is 0 Å². The molecule has 2 rings (SSSR count). The van der Waals surface area contributed by atoms with Crippen LogP contribution in [0.4, 0.5) is 0 Å². The molecule has 3 atom stereocenters. The Morgan fingerprint density at radius 2 is 1.34 bits per heavy atom. The van der Waals surface area contributed by atoms with Crippen LogP contribution in [0.25, 0.3) is 0 Å². The fourth-order valence-corrected chi connectivity index (χ4v) is 9.26. The zero-order valence-corrected chi connectivity index (χ0v) is 23.5. The van der Waals surface area contributed by atoms with Gasteiger partial charge in [0.25, 0.3) is 0 Å². The van der Waals surface area contributed by atoms with Crippen molar-refractivity contribution >= 4 is 82.0 Å². The molecule has 15 nitrogen and oxygen atoms in total. The van der Waals surface area contributed by atoms with Crippen LogP contribution in [0.5, 0.6) is 0 Å². The number of carbonyl (C=O) groups excluding carboxylic acids is 6. The van der Waals surface area contributed by atoms with Crippen LogP contribution in [0, 0.1) is 0 Å². The fraction of sp³-hybridized carbons (Fsp3) is 0.600. The van der Waals surface area contributed by atoms with E-state index < -0.39 is 107 Å². The first-order valence-corrected chi connectivity index (χ1v) is 17.7. The van der Waals surface area contributed by atoms with Crippen LogP contribution in [0.3, 0.4) is 0 Å². The van der Waals surface area contributed by atoms with E-state index in [-0.39, 0.29) is 32.1 Å². The number of carbonyl (C=O) groups is 6. The van der Waals surface area contributed by atoms with Crippen molar-refractivity contribution in [3.8, 4) is 0 Å². The Morgan fingerprint density at radius 1 is 0.875 bits per heavy atom. The summed E-state index contributed by atoms with van der Waals surface area (Å²) in [4.78, 5) is 70.7. The first-order valence-electron chi connectivity index (χ1n) is 9.20. The van der Waals surface area contributed by atoms with Gasteiger partial charge in [0, 0.05) is 0 Å². The summed E-state index contributed by atoms with van der Waals surface area (Å²) in [6, 6.07) is -3.42. The molecule has 2 saturated heterocycles. The third kappa shape index (κ3) is 8.78. The molecule has 0 bridgehead atoms. The van der Waals surface area contributed by atoms with Gasteiger partial charge in [-0.3, -0.25) is 0 Å². The topological polar surface area (TPSA) is 236 Å². The molecule has 2 heterocycles. The van der Waals surface area contributed by atoms with Crippen molar-refractivity contribution in [2.75, 3.05) is 0 Å². The van der Waals surface area contributed by atoms with Crippen molar-refractivity contribution in [3.63, 3.8) is 0 Å². The predicted molar refractivity (Wildman–Crippen MR) is 99.7 cm³/mol. The van der Waals surface area contributed by atoms with Crippen LogP contribution < -0.4 is 17.2 Å². The molecule has 2 fully saturated rings. The zero-order valence-electron chi connectivity index (χ0n) is 16.5. The van der Waals surface area contributed by atoms with E-state index in [9.17, 15) is 28.8 Å². The zero-order chi connectivity index (χ0) is 23.8. The van der Waals surface area contributed by atoms with Gasteiger partial charge in [0.2, 0.25) is 0 Å². The van der Waals surface area contributed by atoms with Gasteiger partial charge in [0.1, 0.15) is 0 Å². The van der Waals surface area contributed by atoms with E-state index in [1.807, 2.05) is 0 Å². The standard InChI is InChI=1S/3C5H9NO4.2Bi/c3*6-3(5(9)10)1-2-4(7)8;;/h3*3H,1-2,6H2,(H,7,8)(H,9,10);;/q;;;2*+3/p-6/t3*3-;;/m100../s1. The van der Waals surface area contributed by atoms with Crippen LogP contribution in [-0.2, 0) is 45.6 Å². The molecule has 0 aromatic rings. The summed E-state index contributed by atoms with van der Waals surface area (Å²) >= 11 is -8.42. The fourth-order valence-electron chi connectivity index (χ4n) is 2.10. The summed E-state index contributed by atoms with van der Waals surface area (Å²) in [7, 11) is 0. The summed E-state index contributed by atoms with van der Waals surface area (Å²) in [5.41, 5.74) is 16.7. The maximum atomic E-state index is 12.1. The first kappa shape index (κ1) is 26.7. The third-order valence-electron chi connectivity index (χ3n) is 3.91. The molecule has 0 aromatic carbocycles. The molecular weight excluding hydrogens is 832 g/mol. The van der Waals surface area contributed by atoms with Crippen molar-refractivity contribution < 1.29 is 45.6 Å². The van der Waals surface area contributed by atoms with E-state index in [2.05, 4.69) is 0 Å². The maximum absolute atomic E-state index is 12.1. The second kappa shape index (κ2) is 12.6. The molecule has 0 radical (unpaired) electrons. The van der Waals surface area contributed by atoms with Gasteiger partial charge < -0.3 is 0 Å². The predicted octanol–water partition coefficient (Wildman–Crippen LogP) is -3.43. The van der Waals surface area contributed by atoms with Gasteiger partial charge in [-0.1, -0.05) is 0 Å². The monoisotopic (exact) mass is 853 g/mol. The summed E-state index contributed by atoms with van der Waals surface area (Å²) in [6.07, 6.45) is -0.855. The summed E-state index contributed by atoms with van der Waals surface area (Å²) in [5, 5.41) is 0. The van der Waals surface area contributed by atoms with E-state index in [4.69, 9.17) is 34.1 Å². The van der Waals surface area contributed by atoms with Crippen molar-refractivity contribution in [2.24, 2.45) is 17.2 Å². The number of nitrogens with two attached hydrogens (primary N) is 3. The molecule has 0 aromatic heterocycles. The van der Waals surface area contributed by atoms with Gasteiger partial charge in [-0.05, 0) is 0 Å². The summed E-state index contributed by atoms with van der Waals surface area (Å²) in [6.45, 7) is 0. The Hall–Kier alpha value is -1.53. The third-order valence-corrected chi connectivity index (χ3v) is 11.9. The molecule has 0 unspecified atom stereocenters. The Morgan fingerprint density at radius 3 is 1.84 bits per heavy atom.